The minimum absolute atomic E-state index is 0.263. The number of aryl methyl sites for hydroxylation is 2. The molecule has 0 radical (unpaired) electrons. The van der Waals surface area contributed by atoms with E-state index in [1.54, 1.807) is 24.5 Å². The Morgan fingerprint density at radius 1 is 1.17 bits per heavy atom. The fourth-order valence-electron chi connectivity index (χ4n) is 3.90. The third-order valence-electron chi connectivity index (χ3n) is 5.26. The summed E-state index contributed by atoms with van der Waals surface area (Å²) in [5.74, 6) is 0. The molecule has 1 fully saturated rings. The largest absolute Gasteiger partial charge is 0.274 e. The highest BCUT2D eigenvalue weighted by atomic mass is 35.5. The van der Waals surface area contributed by atoms with Gasteiger partial charge in [-0.25, -0.2) is 8.42 Å². The zero-order valence-electron chi connectivity index (χ0n) is 16.4. The standard InChI is InChI=1S/C21H23ClN4O2S/c1-15-21(14-25(2)24-15)29(27,28)26-12-6-11-20(26)19-10-5-8-17(23-19)13-16-7-3-4-9-18(16)22/h3-5,7-10,14,20H,6,11-13H2,1-2H3. The van der Waals surface area contributed by atoms with Gasteiger partial charge >= 0.3 is 0 Å². The first-order valence-corrected chi connectivity index (χ1v) is 11.4. The van der Waals surface area contributed by atoms with Crippen LogP contribution in [0, 0.1) is 6.92 Å². The van der Waals surface area contributed by atoms with Crippen LogP contribution in [0.4, 0.5) is 0 Å². The van der Waals surface area contributed by atoms with E-state index in [1.807, 2.05) is 42.5 Å². The molecule has 1 aliphatic heterocycles. The summed E-state index contributed by atoms with van der Waals surface area (Å²) >= 11 is 6.29. The van der Waals surface area contributed by atoms with Crippen molar-refractivity contribution in [2.75, 3.05) is 6.54 Å². The van der Waals surface area contributed by atoms with Crippen molar-refractivity contribution in [3.05, 3.63) is 76.3 Å². The van der Waals surface area contributed by atoms with Gasteiger partial charge in [-0.2, -0.15) is 9.40 Å². The van der Waals surface area contributed by atoms with Crippen LogP contribution in [-0.2, 0) is 23.5 Å². The maximum Gasteiger partial charge on any atom is 0.247 e. The van der Waals surface area contributed by atoms with Gasteiger partial charge in [0.25, 0.3) is 0 Å². The molecule has 0 amide bonds. The van der Waals surface area contributed by atoms with E-state index in [0.717, 1.165) is 29.8 Å². The lowest BCUT2D eigenvalue weighted by Crippen LogP contribution is -2.31. The molecule has 152 valence electrons. The van der Waals surface area contributed by atoms with Crippen molar-refractivity contribution in [2.24, 2.45) is 7.05 Å². The van der Waals surface area contributed by atoms with Gasteiger partial charge in [0.05, 0.1) is 17.4 Å². The fourth-order valence-corrected chi connectivity index (χ4v) is 5.97. The molecule has 0 spiro atoms. The van der Waals surface area contributed by atoms with Crippen molar-refractivity contribution in [3.63, 3.8) is 0 Å². The monoisotopic (exact) mass is 430 g/mol. The molecule has 6 nitrogen and oxygen atoms in total. The van der Waals surface area contributed by atoms with E-state index in [0.29, 0.717) is 23.7 Å². The fraction of sp³-hybridized carbons (Fsp3) is 0.333. The van der Waals surface area contributed by atoms with Crippen LogP contribution in [0.3, 0.4) is 0 Å². The van der Waals surface area contributed by atoms with Crippen molar-refractivity contribution in [3.8, 4) is 0 Å². The summed E-state index contributed by atoms with van der Waals surface area (Å²) in [6.45, 7) is 2.21. The first kappa shape index (κ1) is 20.1. The third kappa shape index (κ3) is 3.95. The molecule has 1 saturated heterocycles. The molecule has 3 aromatic rings. The normalized spacial score (nSPS) is 17.7. The third-order valence-corrected chi connectivity index (χ3v) is 7.64. The number of benzene rings is 1. The number of hydrogen-bond donors (Lipinski definition) is 0. The highest BCUT2D eigenvalue weighted by Crippen LogP contribution is 2.36. The Hall–Kier alpha value is -2.22. The Kier molecular flexibility index (Phi) is 5.46. The molecule has 0 aliphatic carbocycles. The lowest BCUT2D eigenvalue weighted by Gasteiger charge is -2.23. The van der Waals surface area contributed by atoms with Crippen LogP contribution in [0.1, 0.15) is 41.5 Å². The van der Waals surface area contributed by atoms with Gasteiger partial charge < -0.3 is 0 Å². The second kappa shape index (κ2) is 7.89. The SMILES string of the molecule is Cc1nn(C)cc1S(=O)(=O)N1CCCC1c1cccc(Cc2ccccc2Cl)n1. The molecule has 4 rings (SSSR count). The van der Waals surface area contributed by atoms with Crippen LogP contribution in [0.2, 0.25) is 5.02 Å². The summed E-state index contributed by atoms with van der Waals surface area (Å²) in [5, 5.41) is 4.90. The van der Waals surface area contributed by atoms with E-state index < -0.39 is 10.0 Å². The number of sulfonamides is 1. The minimum atomic E-state index is -3.64. The number of pyridine rings is 1. The Bertz CT molecular complexity index is 1140. The van der Waals surface area contributed by atoms with Crippen molar-refractivity contribution in [1.82, 2.24) is 19.1 Å². The van der Waals surface area contributed by atoms with Crippen LogP contribution in [-0.4, -0.2) is 34.0 Å². The van der Waals surface area contributed by atoms with Crippen molar-refractivity contribution in [1.29, 1.82) is 0 Å². The predicted molar refractivity (Wildman–Crippen MR) is 112 cm³/mol. The van der Waals surface area contributed by atoms with Crippen LogP contribution in [0.15, 0.2) is 53.6 Å². The molecule has 1 atom stereocenters. The topological polar surface area (TPSA) is 68.1 Å². The van der Waals surface area contributed by atoms with Gasteiger partial charge in [0.2, 0.25) is 10.0 Å². The molecule has 0 N–H and O–H groups in total. The summed E-state index contributed by atoms with van der Waals surface area (Å²) in [6, 6.07) is 13.2. The quantitative estimate of drug-likeness (QED) is 0.615. The van der Waals surface area contributed by atoms with Crippen LogP contribution < -0.4 is 0 Å². The molecular formula is C21H23ClN4O2S. The van der Waals surface area contributed by atoms with Crippen LogP contribution >= 0.6 is 11.6 Å². The Labute approximate surface area is 176 Å². The minimum Gasteiger partial charge on any atom is -0.274 e. The number of aromatic nitrogens is 3. The summed E-state index contributed by atoms with van der Waals surface area (Å²) < 4.78 is 29.7. The van der Waals surface area contributed by atoms with Gasteiger partial charge in [-0.3, -0.25) is 9.67 Å². The van der Waals surface area contributed by atoms with Crippen LogP contribution in [0.25, 0.3) is 0 Å². The van der Waals surface area contributed by atoms with Gasteiger partial charge in [-0.15, -0.1) is 0 Å². The predicted octanol–water partition coefficient (Wildman–Crippen LogP) is 3.89. The summed E-state index contributed by atoms with van der Waals surface area (Å²) in [7, 11) is -1.91. The number of rotatable bonds is 5. The molecule has 8 heteroatoms. The van der Waals surface area contributed by atoms with Gasteiger partial charge in [-0.05, 0) is 43.5 Å². The highest BCUT2D eigenvalue weighted by molar-refractivity contribution is 7.89. The summed E-state index contributed by atoms with van der Waals surface area (Å²) in [5.41, 5.74) is 3.16. The smallest absolute Gasteiger partial charge is 0.247 e. The maximum atomic E-state index is 13.3. The first-order valence-electron chi connectivity index (χ1n) is 9.57. The Morgan fingerprint density at radius 3 is 2.69 bits per heavy atom. The molecule has 2 aromatic heterocycles. The van der Waals surface area contributed by atoms with E-state index >= 15 is 0 Å². The van der Waals surface area contributed by atoms with Crippen molar-refractivity contribution < 1.29 is 8.42 Å². The van der Waals surface area contributed by atoms with Crippen molar-refractivity contribution in [2.45, 2.75) is 37.1 Å². The lowest BCUT2D eigenvalue weighted by atomic mass is 10.1. The number of halogens is 1. The molecule has 0 bridgehead atoms. The average molecular weight is 431 g/mol. The molecule has 3 heterocycles. The Balaban J connectivity index is 1.64. The lowest BCUT2D eigenvalue weighted by molar-refractivity contribution is 0.389. The van der Waals surface area contributed by atoms with Gasteiger partial charge in [0.1, 0.15) is 4.90 Å². The molecule has 0 saturated carbocycles. The van der Waals surface area contributed by atoms with Gasteiger partial charge in [0.15, 0.2) is 0 Å². The van der Waals surface area contributed by atoms with E-state index in [-0.39, 0.29) is 10.9 Å². The second-order valence-corrected chi connectivity index (χ2v) is 9.61. The zero-order valence-corrected chi connectivity index (χ0v) is 18.0. The average Bonchev–Trinajstić information content (AvgIpc) is 3.31. The highest BCUT2D eigenvalue weighted by Gasteiger charge is 2.38. The van der Waals surface area contributed by atoms with Gasteiger partial charge in [-0.1, -0.05) is 35.9 Å². The Morgan fingerprint density at radius 2 is 1.97 bits per heavy atom. The molecule has 1 aromatic carbocycles. The first-order chi connectivity index (χ1) is 13.9. The van der Waals surface area contributed by atoms with Crippen LogP contribution in [0.5, 0.6) is 0 Å². The van der Waals surface area contributed by atoms with E-state index in [2.05, 4.69) is 5.10 Å². The van der Waals surface area contributed by atoms with E-state index in [4.69, 9.17) is 16.6 Å². The van der Waals surface area contributed by atoms with E-state index in [1.165, 1.54) is 4.68 Å². The molecule has 29 heavy (non-hydrogen) atoms. The zero-order chi connectivity index (χ0) is 20.6. The van der Waals surface area contributed by atoms with Gasteiger partial charge in [0, 0.05) is 36.9 Å². The summed E-state index contributed by atoms with van der Waals surface area (Å²) in [6.07, 6.45) is 3.73. The second-order valence-electron chi connectivity index (χ2n) is 7.35. The maximum absolute atomic E-state index is 13.3. The van der Waals surface area contributed by atoms with Crippen molar-refractivity contribution >= 4 is 21.6 Å². The van der Waals surface area contributed by atoms with E-state index in [9.17, 15) is 8.42 Å². The number of nitrogens with zero attached hydrogens (tertiary/aromatic N) is 4. The molecular weight excluding hydrogens is 408 g/mol. The molecule has 1 aliphatic rings. The summed E-state index contributed by atoms with van der Waals surface area (Å²) in [4.78, 5) is 5.05. The molecule has 1 unspecified atom stereocenters. The number of hydrogen-bond acceptors (Lipinski definition) is 4.